The maximum atomic E-state index is 13.3. The molecule has 0 aliphatic heterocycles. The number of halogens is 3. The van der Waals surface area contributed by atoms with Crippen molar-refractivity contribution in [2.24, 2.45) is 7.05 Å². The van der Waals surface area contributed by atoms with Crippen molar-refractivity contribution in [2.45, 2.75) is 18.3 Å². The van der Waals surface area contributed by atoms with E-state index in [9.17, 15) is 4.39 Å². The van der Waals surface area contributed by atoms with Gasteiger partial charge in [0.1, 0.15) is 11.6 Å². The average molecular weight is 364 g/mol. The van der Waals surface area contributed by atoms with Gasteiger partial charge in [-0.05, 0) is 36.6 Å². The van der Waals surface area contributed by atoms with Crippen LogP contribution in [0.25, 0.3) is 11.4 Å². The molecule has 2 aromatic carbocycles. The van der Waals surface area contributed by atoms with Crippen molar-refractivity contribution in [2.75, 3.05) is 0 Å². The molecule has 24 heavy (non-hydrogen) atoms. The van der Waals surface area contributed by atoms with E-state index in [0.717, 1.165) is 18.7 Å². The number of benzene rings is 2. The molecule has 1 aliphatic rings. The maximum absolute atomic E-state index is 13.3. The summed E-state index contributed by atoms with van der Waals surface area (Å²) in [6, 6.07) is 14.7. The molecule has 0 radical (unpaired) electrons. The Morgan fingerprint density at radius 3 is 2.42 bits per heavy atom. The molecule has 124 valence electrons. The third kappa shape index (κ3) is 2.60. The second-order valence-corrected chi connectivity index (χ2v) is 6.39. The third-order valence-corrected chi connectivity index (χ3v) is 4.86. The van der Waals surface area contributed by atoms with E-state index in [1.54, 1.807) is 6.07 Å². The van der Waals surface area contributed by atoms with Crippen LogP contribution in [-0.4, -0.2) is 14.8 Å². The quantitative estimate of drug-likeness (QED) is 0.670. The van der Waals surface area contributed by atoms with E-state index >= 15 is 0 Å². The van der Waals surface area contributed by atoms with Crippen LogP contribution in [-0.2, 0) is 12.5 Å². The summed E-state index contributed by atoms with van der Waals surface area (Å²) in [7, 11) is 1.94. The highest BCUT2D eigenvalue weighted by atomic mass is 35.5. The van der Waals surface area contributed by atoms with Gasteiger partial charge in [0.2, 0.25) is 0 Å². The standard InChI is InChI=1S/C18H15ClFN3.ClH/c1-23-16(14-8-7-13(20)11-15(14)19)21-22-17(23)18(9-10-18)12-5-3-2-4-6-12;/h2-8,11H,9-10H2,1H3;1H. The van der Waals surface area contributed by atoms with E-state index < -0.39 is 0 Å². The van der Waals surface area contributed by atoms with Crippen molar-refractivity contribution in [3.63, 3.8) is 0 Å². The second-order valence-electron chi connectivity index (χ2n) is 5.98. The molecule has 1 aliphatic carbocycles. The van der Waals surface area contributed by atoms with Gasteiger partial charge in [-0.15, -0.1) is 22.6 Å². The summed E-state index contributed by atoms with van der Waals surface area (Å²) < 4.78 is 15.2. The molecule has 0 atom stereocenters. The van der Waals surface area contributed by atoms with E-state index in [0.29, 0.717) is 16.4 Å². The van der Waals surface area contributed by atoms with Crippen LogP contribution in [0.3, 0.4) is 0 Å². The third-order valence-electron chi connectivity index (χ3n) is 4.55. The van der Waals surface area contributed by atoms with Gasteiger partial charge in [0, 0.05) is 12.6 Å². The molecule has 1 aromatic heterocycles. The van der Waals surface area contributed by atoms with E-state index in [4.69, 9.17) is 11.6 Å². The van der Waals surface area contributed by atoms with Crippen LogP contribution in [0.4, 0.5) is 4.39 Å². The first-order valence-corrected chi connectivity index (χ1v) is 7.90. The molecule has 0 N–H and O–H groups in total. The molecule has 1 heterocycles. The predicted octanol–water partition coefficient (Wildman–Crippen LogP) is 4.78. The van der Waals surface area contributed by atoms with Crippen LogP contribution in [0.2, 0.25) is 5.02 Å². The van der Waals surface area contributed by atoms with Gasteiger partial charge in [0.15, 0.2) is 5.82 Å². The Kier molecular flexibility index (Phi) is 4.37. The molecule has 4 rings (SSSR count). The first-order chi connectivity index (χ1) is 11.1. The lowest BCUT2D eigenvalue weighted by atomic mass is 9.95. The molecule has 0 bridgehead atoms. The van der Waals surface area contributed by atoms with Gasteiger partial charge in [-0.1, -0.05) is 41.9 Å². The van der Waals surface area contributed by atoms with E-state index in [-0.39, 0.29) is 23.6 Å². The van der Waals surface area contributed by atoms with Crippen molar-refractivity contribution in [1.82, 2.24) is 14.8 Å². The van der Waals surface area contributed by atoms with Gasteiger partial charge >= 0.3 is 0 Å². The zero-order valence-electron chi connectivity index (χ0n) is 13.0. The van der Waals surface area contributed by atoms with Crippen LogP contribution >= 0.6 is 24.0 Å². The number of aromatic nitrogens is 3. The van der Waals surface area contributed by atoms with Crippen LogP contribution in [0.15, 0.2) is 48.5 Å². The van der Waals surface area contributed by atoms with Crippen molar-refractivity contribution in [1.29, 1.82) is 0 Å². The minimum Gasteiger partial charge on any atom is -0.313 e. The van der Waals surface area contributed by atoms with Crippen molar-refractivity contribution in [3.8, 4) is 11.4 Å². The van der Waals surface area contributed by atoms with Crippen LogP contribution in [0, 0.1) is 5.82 Å². The van der Waals surface area contributed by atoms with Crippen molar-refractivity contribution < 1.29 is 4.39 Å². The topological polar surface area (TPSA) is 30.7 Å². The van der Waals surface area contributed by atoms with E-state index in [2.05, 4.69) is 22.3 Å². The fourth-order valence-electron chi connectivity index (χ4n) is 3.17. The molecule has 3 nitrogen and oxygen atoms in total. The lowest BCUT2D eigenvalue weighted by Gasteiger charge is -2.15. The zero-order valence-corrected chi connectivity index (χ0v) is 14.6. The van der Waals surface area contributed by atoms with Gasteiger partial charge < -0.3 is 4.57 Å². The molecular formula is C18H16Cl2FN3. The summed E-state index contributed by atoms with van der Waals surface area (Å²) in [6.45, 7) is 0. The Morgan fingerprint density at radius 2 is 1.79 bits per heavy atom. The van der Waals surface area contributed by atoms with Crippen molar-refractivity contribution in [3.05, 3.63) is 70.8 Å². The monoisotopic (exact) mass is 363 g/mol. The van der Waals surface area contributed by atoms with Gasteiger partial charge in [-0.3, -0.25) is 0 Å². The molecule has 0 amide bonds. The number of hydrogen-bond donors (Lipinski definition) is 0. The highest BCUT2D eigenvalue weighted by Gasteiger charge is 2.49. The normalized spacial score (nSPS) is 15.0. The summed E-state index contributed by atoms with van der Waals surface area (Å²) in [5.41, 5.74) is 1.89. The molecular weight excluding hydrogens is 348 g/mol. The predicted molar refractivity (Wildman–Crippen MR) is 95.1 cm³/mol. The molecule has 0 spiro atoms. The minimum absolute atomic E-state index is 0. The van der Waals surface area contributed by atoms with Crippen LogP contribution in [0.1, 0.15) is 24.2 Å². The molecule has 0 saturated heterocycles. The molecule has 1 fully saturated rings. The molecule has 1 saturated carbocycles. The number of hydrogen-bond acceptors (Lipinski definition) is 2. The number of nitrogens with zero attached hydrogens (tertiary/aromatic N) is 3. The summed E-state index contributed by atoms with van der Waals surface area (Å²) >= 11 is 6.17. The SMILES string of the molecule is Cl.Cn1c(-c2ccc(F)cc2Cl)nnc1C1(c2ccccc2)CC1. The van der Waals surface area contributed by atoms with E-state index in [1.807, 2.05) is 29.8 Å². The largest absolute Gasteiger partial charge is 0.313 e. The fraction of sp³-hybridized carbons (Fsp3) is 0.222. The summed E-state index contributed by atoms with van der Waals surface area (Å²) in [5, 5.41) is 9.09. The Hall–Kier alpha value is -1.91. The summed E-state index contributed by atoms with van der Waals surface area (Å²) in [5.74, 6) is 1.23. The van der Waals surface area contributed by atoms with Gasteiger partial charge in [-0.2, -0.15) is 0 Å². The summed E-state index contributed by atoms with van der Waals surface area (Å²) in [4.78, 5) is 0. The lowest BCUT2D eigenvalue weighted by molar-refractivity contribution is 0.628. The second kappa shape index (κ2) is 6.19. The fourth-order valence-corrected chi connectivity index (χ4v) is 3.43. The highest BCUT2D eigenvalue weighted by Crippen LogP contribution is 2.53. The van der Waals surface area contributed by atoms with Gasteiger partial charge in [0.25, 0.3) is 0 Å². The summed E-state index contributed by atoms with van der Waals surface area (Å²) in [6.07, 6.45) is 2.11. The lowest BCUT2D eigenvalue weighted by Crippen LogP contribution is -2.15. The first kappa shape index (κ1) is 16.9. The Balaban J connectivity index is 0.00000169. The minimum atomic E-state index is -0.357. The molecule has 6 heteroatoms. The Morgan fingerprint density at radius 1 is 1.08 bits per heavy atom. The highest BCUT2D eigenvalue weighted by molar-refractivity contribution is 6.33. The Bertz CT molecular complexity index is 873. The van der Waals surface area contributed by atoms with Crippen molar-refractivity contribution >= 4 is 24.0 Å². The van der Waals surface area contributed by atoms with Crippen LogP contribution < -0.4 is 0 Å². The molecule has 0 unspecified atom stereocenters. The Labute approximate surface area is 150 Å². The average Bonchev–Trinajstić information content (AvgIpc) is 3.27. The maximum Gasteiger partial charge on any atom is 0.165 e. The zero-order chi connectivity index (χ0) is 16.0. The molecule has 3 aromatic rings. The van der Waals surface area contributed by atoms with Gasteiger partial charge in [-0.25, -0.2) is 4.39 Å². The van der Waals surface area contributed by atoms with Crippen LogP contribution in [0.5, 0.6) is 0 Å². The smallest absolute Gasteiger partial charge is 0.165 e. The first-order valence-electron chi connectivity index (χ1n) is 7.53. The van der Waals surface area contributed by atoms with Gasteiger partial charge in [0.05, 0.1) is 10.4 Å². The van der Waals surface area contributed by atoms with E-state index in [1.165, 1.54) is 17.7 Å². The number of rotatable bonds is 3.